The predicted octanol–water partition coefficient (Wildman–Crippen LogP) is 0.210. The van der Waals surface area contributed by atoms with Gasteiger partial charge < -0.3 is 14.8 Å². The number of quaternary nitrogens is 1. The highest BCUT2D eigenvalue weighted by atomic mass is 16.4. The van der Waals surface area contributed by atoms with Crippen LogP contribution in [-0.2, 0) is 6.54 Å². The topological polar surface area (TPSA) is 61.9 Å². The zero-order valence-corrected chi connectivity index (χ0v) is 13.4. The van der Waals surface area contributed by atoms with Crippen LogP contribution >= 0.6 is 0 Å². The van der Waals surface area contributed by atoms with Crippen LogP contribution in [0.15, 0.2) is 18.2 Å². The van der Waals surface area contributed by atoms with Crippen molar-refractivity contribution in [3.8, 4) is 0 Å². The third kappa shape index (κ3) is 2.93. The minimum absolute atomic E-state index is 0.0325. The van der Waals surface area contributed by atoms with Gasteiger partial charge in [-0.3, -0.25) is 4.40 Å². The summed E-state index contributed by atoms with van der Waals surface area (Å²) in [4.78, 5) is 17.0. The fourth-order valence-corrected chi connectivity index (χ4v) is 2.78. The number of pyridine rings is 1. The van der Waals surface area contributed by atoms with Gasteiger partial charge in [-0.1, -0.05) is 6.07 Å². The molecule has 5 nitrogen and oxygen atoms in total. The highest BCUT2D eigenvalue weighted by Crippen LogP contribution is 2.15. The van der Waals surface area contributed by atoms with E-state index in [9.17, 15) is 9.90 Å². The van der Waals surface area contributed by atoms with E-state index < -0.39 is 5.97 Å². The minimum atomic E-state index is -1.21. The zero-order chi connectivity index (χ0) is 15.8. The van der Waals surface area contributed by atoms with Gasteiger partial charge in [0, 0.05) is 5.69 Å². The second kappa shape index (κ2) is 5.48. The molecule has 0 bridgehead atoms. The van der Waals surface area contributed by atoms with Crippen LogP contribution in [-0.4, -0.2) is 27.4 Å². The van der Waals surface area contributed by atoms with Crippen molar-refractivity contribution in [2.75, 3.05) is 6.54 Å². The third-order valence-corrected chi connectivity index (χ3v) is 4.00. The summed E-state index contributed by atoms with van der Waals surface area (Å²) < 4.78 is 1.92. The Morgan fingerprint density at radius 2 is 2.05 bits per heavy atom. The van der Waals surface area contributed by atoms with E-state index in [0.717, 1.165) is 17.9 Å². The fourth-order valence-electron chi connectivity index (χ4n) is 2.78. The van der Waals surface area contributed by atoms with Gasteiger partial charge in [-0.15, -0.1) is 0 Å². The molecule has 21 heavy (non-hydrogen) atoms. The van der Waals surface area contributed by atoms with Crippen LogP contribution in [0.25, 0.3) is 5.65 Å². The quantitative estimate of drug-likeness (QED) is 0.875. The average molecular weight is 289 g/mol. The number of aromatic nitrogens is 2. The fraction of sp³-hybridized carbons (Fsp3) is 0.500. The van der Waals surface area contributed by atoms with Crippen molar-refractivity contribution in [1.82, 2.24) is 9.38 Å². The monoisotopic (exact) mass is 289 g/mol. The van der Waals surface area contributed by atoms with E-state index >= 15 is 0 Å². The van der Waals surface area contributed by atoms with Gasteiger partial charge in [0.05, 0.1) is 18.1 Å². The van der Waals surface area contributed by atoms with Gasteiger partial charge in [0.2, 0.25) is 0 Å². The average Bonchev–Trinajstić information content (AvgIpc) is 2.74. The van der Waals surface area contributed by atoms with Gasteiger partial charge in [0.1, 0.15) is 23.6 Å². The first-order valence-corrected chi connectivity index (χ1v) is 7.29. The molecule has 0 radical (unpaired) electrons. The van der Waals surface area contributed by atoms with Gasteiger partial charge in [-0.25, -0.2) is 4.98 Å². The van der Waals surface area contributed by atoms with Crippen LogP contribution < -0.4 is 10.0 Å². The Bertz CT molecular complexity index is 668. The first-order chi connectivity index (χ1) is 9.75. The predicted molar refractivity (Wildman–Crippen MR) is 79.2 cm³/mol. The molecule has 0 amide bonds. The van der Waals surface area contributed by atoms with Crippen molar-refractivity contribution in [2.24, 2.45) is 0 Å². The van der Waals surface area contributed by atoms with Crippen LogP contribution in [0.3, 0.4) is 0 Å². The number of carboxylic acids is 1. The lowest BCUT2D eigenvalue weighted by Gasteiger charge is -2.31. The molecule has 1 N–H and O–H groups in total. The van der Waals surface area contributed by atoms with Crippen LogP contribution in [0.5, 0.6) is 0 Å². The molecule has 0 aliphatic heterocycles. The lowest BCUT2D eigenvalue weighted by Crippen LogP contribution is -3.17. The SMILES string of the molecule is CC[NH+](Cc1c(C(=O)[O-])nc2cccc(C)n12)C(C)(C)C. The van der Waals surface area contributed by atoms with Gasteiger partial charge in [-0.05, 0) is 46.8 Å². The molecule has 0 spiro atoms. The largest absolute Gasteiger partial charge is 0.543 e. The number of nitrogens with one attached hydrogen (secondary N) is 1. The third-order valence-electron chi connectivity index (χ3n) is 4.00. The maximum absolute atomic E-state index is 11.4. The van der Waals surface area contributed by atoms with Crippen molar-refractivity contribution >= 4 is 11.6 Å². The Labute approximate surface area is 125 Å². The number of fused-ring (bicyclic) bond motifs is 1. The summed E-state index contributed by atoms with van der Waals surface area (Å²) in [6.07, 6.45) is 0. The number of imidazole rings is 1. The number of aryl methyl sites for hydroxylation is 1. The van der Waals surface area contributed by atoms with E-state index in [1.807, 2.05) is 29.5 Å². The number of carboxylic acid groups (broad SMARTS) is 1. The van der Waals surface area contributed by atoms with Crippen LogP contribution in [0.1, 0.15) is 49.6 Å². The number of carbonyl (C=O) groups is 1. The molecule has 0 aromatic carbocycles. The van der Waals surface area contributed by atoms with Gasteiger partial charge in [0.25, 0.3) is 0 Å². The van der Waals surface area contributed by atoms with Crippen molar-refractivity contribution in [2.45, 2.75) is 46.7 Å². The number of rotatable bonds is 4. The molecule has 5 heteroatoms. The van der Waals surface area contributed by atoms with E-state index in [2.05, 4.69) is 32.7 Å². The van der Waals surface area contributed by atoms with Crippen molar-refractivity contribution in [1.29, 1.82) is 0 Å². The van der Waals surface area contributed by atoms with E-state index in [-0.39, 0.29) is 11.2 Å². The van der Waals surface area contributed by atoms with E-state index in [4.69, 9.17) is 0 Å². The minimum Gasteiger partial charge on any atom is -0.543 e. The summed E-state index contributed by atoms with van der Waals surface area (Å²) in [5.41, 5.74) is 2.44. The summed E-state index contributed by atoms with van der Waals surface area (Å²) in [6.45, 7) is 12.0. The summed E-state index contributed by atoms with van der Waals surface area (Å²) >= 11 is 0. The highest BCUT2D eigenvalue weighted by Gasteiger charge is 2.27. The molecule has 2 aromatic rings. The molecule has 2 aromatic heterocycles. The summed E-state index contributed by atoms with van der Waals surface area (Å²) in [5.74, 6) is -1.21. The van der Waals surface area contributed by atoms with E-state index in [1.54, 1.807) is 0 Å². The second-order valence-corrected chi connectivity index (χ2v) is 6.44. The van der Waals surface area contributed by atoms with Crippen molar-refractivity contribution in [3.63, 3.8) is 0 Å². The molecule has 114 valence electrons. The maximum atomic E-state index is 11.4. The van der Waals surface area contributed by atoms with Crippen LogP contribution in [0.4, 0.5) is 0 Å². The number of nitrogens with zero attached hydrogens (tertiary/aromatic N) is 2. The lowest BCUT2D eigenvalue weighted by atomic mass is 10.1. The number of aromatic carboxylic acids is 1. The van der Waals surface area contributed by atoms with Gasteiger partial charge >= 0.3 is 0 Å². The number of carbonyl (C=O) groups excluding carboxylic acids is 1. The Morgan fingerprint density at radius 3 is 2.57 bits per heavy atom. The highest BCUT2D eigenvalue weighted by molar-refractivity contribution is 5.86. The molecular formula is C16H23N3O2. The summed E-state index contributed by atoms with van der Waals surface area (Å²) in [7, 11) is 0. The lowest BCUT2D eigenvalue weighted by molar-refractivity contribution is -0.958. The Morgan fingerprint density at radius 1 is 1.38 bits per heavy atom. The Kier molecular flexibility index (Phi) is 4.05. The number of hydrogen-bond donors (Lipinski definition) is 1. The molecule has 2 rings (SSSR count). The molecule has 1 atom stereocenters. The summed E-state index contributed by atoms with van der Waals surface area (Å²) in [6, 6.07) is 5.67. The molecule has 0 aliphatic carbocycles. The van der Waals surface area contributed by atoms with Gasteiger partial charge in [0.15, 0.2) is 0 Å². The zero-order valence-electron chi connectivity index (χ0n) is 13.4. The van der Waals surface area contributed by atoms with Crippen LogP contribution in [0.2, 0.25) is 0 Å². The molecular weight excluding hydrogens is 266 g/mol. The smallest absolute Gasteiger partial charge is 0.138 e. The normalized spacial score (nSPS) is 13.6. The standard InChI is InChI=1S/C16H23N3O2/c1-6-18(16(3,4)5)10-12-14(15(20)21)17-13-9-7-8-11(2)19(12)13/h7-9H,6,10H2,1-5H3,(H,20,21). The molecule has 0 saturated heterocycles. The maximum Gasteiger partial charge on any atom is 0.138 e. The molecule has 2 heterocycles. The van der Waals surface area contributed by atoms with Gasteiger partial charge in [-0.2, -0.15) is 0 Å². The van der Waals surface area contributed by atoms with Crippen LogP contribution in [0, 0.1) is 6.92 Å². The molecule has 0 fully saturated rings. The molecule has 0 aliphatic rings. The first-order valence-electron chi connectivity index (χ1n) is 7.29. The molecule has 0 saturated carbocycles. The number of hydrogen-bond acceptors (Lipinski definition) is 3. The van der Waals surface area contributed by atoms with E-state index in [0.29, 0.717) is 12.2 Å². The van der Waals surface area contributed by atoms with Crippen molar-refractivity contribution in [3.05, 3.63) is 35.3 Å². The molecule has 1 unspecified atom stereocenters. The second-order valence-electron chi connectivity index (χ2n) is 6.44. The van der Waals surface area contributed by atoms with E-state index in [1.165, 1.54) is 4.90 Å². The van der Waals surface area contributed by atoms with Crippen molar-refractivity contribution < 1.29 is 14.8 Å². The Hall–Kier alpha value is -1.88. The first kappa shape index (κ1) is 15.5. The Balaban J connectivity index is 2.60. The summed E-state index contributed by atoms with van der Waals surface area (Å²) in [5, 5.41) is 11.4.